The molecule has 2 rings (SSSR count). The molecule has 2 N–H and O–H groups in total. The second-order valence-corrected chi connectivity index (χ2v) is 8.48. The third-order valence-electron chi connectivity index (χ3n) is 5.04. The molecular weight excluding hydrogens is 348 g/mol. The molecule has 0 aromatic carbocycles. The number of hydrogen-bond acceptors (Lipinski definition) is 5. The number of carbonyl (C=O) groups excluding carboxylic acids is 2. The summed E-state index contributed by atoms with van der Waals surface area (Å²) in [6.45, 7) is 5.97. The fourth-order valence-corrected chi connectivity index (χ4v) is 5.03. The van der Waals surface area contributed by atoms with Crippen molar-refractivity contribution >= 4 is 42.2 Å². The number of thiol groups is 1. The van der Waals surface area contributed by atoms with E-state index in [0.29, 0.717) is 12.2 Å². The monoisotopic (exact) mass is 374 g/mol. The molecule has 0 aromatic rings. The van der Waals surface area contributed by atoms with Gasteiger partial charge in [-0.3, -0.25) is 9.59 Å². The molecule has 0 aromatic heterocycles. The van der Waals surface area contributed by atoms with Gasteiger partial charge in [-0.1, -0.05) is 27.2 Å². The van der Waals surface area contributed by atoms with Crippen LogP contribution in [0.1, 0.15) is 40.0 Å². The summed E-state index contributed by atoms with van der Waals surface area (Å²) in [7, 11) is 0. The van der Waals surface area contributed by atoms with Gasteiger partial charge in [0.1, 0.15) is 12.1 Å². The Labute approximate surface area is 152 Å². The Balaban J connectivity index is 2.15. The Bertz CT molecular complexity index is 516. The average molecular weight is 375 g/mol. The van der Waals surface area contributed by atoms with E-state index in [-0.39, 0.29) is 29.0 Å². The van der Waals surface area contributed by atoms with Crippen molar-refractivity contribution in [3.8, 4) is 0 Å². The number of nitrogens with one attached hydrogen (secondary N) is 1. The molecule has 2 amide bonds. The number of amides is 2. The van der Waals surface area contributed by atoms with Crippen LogP contribution in [0.4, 0.5) is 0 Å². The van der Waals surface area contributed by atoms with E-state index in [1.807, 2.05) is 20.8 Å². The average Bonchev–Trinajstić information content (AvgIpc) is 2.96. The van der Waals surface area contributed by atoms with E-state index in [1.54, 1.807) is 0 Å². The number of thioether (sulfide) groups is 1. The largest absolute Gasteiger partial charge is 0.480 e. The highest BCUT2D eigenvalue weighted by Crippen LogP contribution is 2.39. The van der Waals surface area contributed by atoms with Gasteiger partial charge in [0, 0.05) is 5.75 Å². The number of rotatable bonds is 5. The summed E-state index contributed by atoms with van der Waals surface area (Å²) in [6.07, 6.45) is 2.13. The fourth-order valence-electron chi connectivity index (χ4n) is 3.18. The molecule has 0 bridgehead atoms. The number of fused-ring (bicyclic) bond motifs is 1. The molecule has 136 valence electrons. The zero-order chi connectivity index (χ0) is 18.0. The molecule has 0 aliphatic carbocycles. The lowest BCUT2D eigenvalue weighted by molar-refractivity contribution is -0.150. The van der Waals surface area contributed by atoms with Crippen molar-refractivity contribution in [1.82, 2.24) is 10.2 Å². The van der Waals surface area contributed by atoms with Crippen LogP contribution >= 0.6 is 24.4 Å². The Hall–Kier alpha value is -0.890. The molecule has 1 unspecified atom stereocenters. The summed E-state index contributed by atoms with van der Waals surface area (Å²) in [5.41, 5.74) is 0. The lowest BCUT2D eigenvalue weighted by Gasteiger charge is -2.30. The standard InChI is InChI=1S/C16H26N2O4S2/c1-4-8(2)12(23)13(19)17-10-6-5-9(3)15-18(14(10)20)11(7-24-15)16(21)22/h8-12,15,23H,4-7H2,1-3H3,(H,17,19)(H,21,22)/t8-,9-,10-,11-,12-,15?/m0/s1. The minimum atomic E-state index is -0.982. The highest BCUT2D eigenvalue weighted by Gasteiger charge is 2.48. The maximum Gasteiger partial charge on any atom is 0.327 e. The third-order valence-corrected chi connectivity index (χ3v) is 7.32. The van der Waals surface area contributed by atoms with Crippen LogP contribution in [0.5, 0.6) is 0 Å². The summed E-state index contributed by atoms with van der Waals surface area (Å²) in [5, 5.41) is 11.6. The van der Waals surface area contributed by atoms with Gasteiger partial charge in [0.2, 0.25) is 11.8 Å². The molecule has 2 saturated heterocycles. The van der Waals surface area contributed by atoms with Crippen LogP contribution in [0.25, 0.3) is 0 Å². The first-order valence-corrected chi connectivity index (χ1v) is 9.99. The molecular formula is C16H26N2O4S2. The van der Waals surface area contributed by atoms with Crippen LogP contribution in [-0.4, -0.2) is 56.3 Å². The van der Waals surface area contributed by atoms with Crippen molar-refractivity contribution in [3.05, 3.63) is 0 Å². The van der Waals surface area contributed by atoms with Gasteiger partial charge < -0.3 is 15.3 Å². The van der Waals surface area contributed by atoms with Gasteiger partial charge in [0.15, 0.2) is 0 Å². The van der Waals surface area contributed by atoms with E-state index in [0.717, 1.165) is 12.8 Å². The van der Waals surface area contributed by atoms with Crippen LogP contribution in [0.15, 0.2) is 0 Å². The van der Waals surface area contributed by atoms with E-state index in [2.05, 4.69) is 17.9 Å². The van der Waals surface area contributed by atoms with E-state index in [9.17, 15) is 19.5 Å². The van der Waals surface area contributed by atoms with E-state index in [4.69, 9.17) is 0 Å². The Kier molecular flexibility index (Phi) is 6.47. The van der Waals surface area contributed by atoms with Gasteiger partial charge in [0.25, 0.3) is 0 Å². The summed E-state index contributed by atoms with van der Waals surface area (Å²) in [5.74, 6) is -0.805. The summed E-state index contributed by atoms with van der Waals surface area (Å²) < 4.78 is 0. The quantitative estimate of drug-likeness (QED) is 0.637. The van der Waals surface area contributed by atoms with Gasteiger partial charge in [-0.25, -0.2) is 4.79 Å². The highest BCUT2D eigenvalue weighted by atomic mass is 32.2. The Morgan fingerprint density at radius 2 is 2.12 bits per heavy atom. The first-order chi connectivity index (χ1) is 11.3. The minimum Gasteiger partial charge on any atom is -0.480 e. The molecule has 6 atom stereocenters. The van der Waals surface area contributed by atoms with Crippen LogP contribution in [-0.2, 0) is 14.4 Å². The van der Waals surface area contributed by atoms with Crippen molar-refractivity contribution in [2.24, 2.45) is 11.8 Å². The van der Waals surface area contributed by atoms with Crippen molar-refractivity contribution in [2.45, 2.75) is 62.7 Å². The lowest BCUT2D eigenvalue weighted by Crippen LogP contribution is -2.54. The first kappa shape index (κ1) is 19.4. The fraction of sp³-hybridized carbons (Fsp3) is 0.812. The summed E-state index contributed by atoms with van der Waals surface area (Å²) in [4.78, 5) is 38.2. The van der Waals surface area contributed by atoms with E-state index < -0.39 is 23.3 Å². The zero-order valence-corrected chi connectivity index (χ0v) is 16.0. The maximum absolute atomic E-state index is 12.9. The molecule has 2 heterocycles. The first-order valence-electron chi connectivity index (χ1n) is 8.42. The highest BCUT2D eigenvalue weighted by molar-refractivity contribution is 8.00. The smallest absolute Gasteiger partial charge is 0.327 e. The van der Waals surface area contributed by atoms with Crippen molar-refractivity contribution in [2.75, 3.05) is 5.75 Å². The molecule has 0 radical (unpaired) electrons. The SMILES string of the molecule is CC[C@H](C)[C@H](S)C(=O)N[C@H]1CC[C@H](C)C2SC[C@@H](C(=O)O)N2C1=O. The lowest BCUT2D eigenvalue weighted by atomic mass is 10.0. The number of carboxylic acid groups (broad SMARTS) is 1. The predicted octanol–water partition coefficient (Wildman–Crippen LogP) is 1.60. The maximum atomic E-state index is 12.9. The molecule has 8 heteroatoms. The third kappa shape index (κ3) is 3.85. The van der Waals surface area contributed by atoms with Gasteiger partial charge in [-0.05, 0) is 24.7 Å². The molecule has 0 saturated carbocycles. The molecule has 6 nitrogen and oxygen atoms in total. The zero-order valence-electron chi connectivity index (χ0n) is 14.3. The van der Waals surface area contributed by atoms with Crippen LogP contribution in [0.2, 0.25) is 0 Å². The minimum absolute atomic E-state index is 0.106. The van der Waals surface area contributed by atoms with Crippen LogP contribution in [0.3, 0.4) is 0 Å². The molecule has 0 spiro atoms. The number of carbonyl (C=O) groups is 3. The van der Waals surface area contributed by atoms with E-state index >= 15 is 0 Å². The summed E-state index contributed by atoms with van der Waals surface area (Å²) in [6, 6.07) is -1.47. The van der Waals surface area contributed by atoms with E-state index in [1.165, 1.54) is 16.7 Å². The summed E-state index contributed by atoms with van der Waals surface area (Å²) >= 11 is 5.88. The second-order valence-electron chi connectivity index (χ2n) is 6.77. The number of hydrogen-bond donors (Lipinski definition) is 3. The van der Waals surface area contributed by atoms with Crippen LogP contribution in [0, 0.1) is 11.8 Å². The molecule has 2 aliphatic rings. The Morgan fingerprint density at radius 1 is 1.46 bits per heavy atom. The number of nitrogens with zero attached hydrogens (tertiary/aromatic N) is 1. The van der Waals surface area contributed by atoms with Gasteiger partial charge >= 0.3 is 5.97 Å². The molecule has 2 aliphatic heterocycles. The normalized spacial score (nSPS) is 32.7. The number of carboxylic acids is 1. The Morgan fingerprint density at radius 3 is 2.71 bits per heavy atom. The van der Waals surface area contributed by atoms with Crippen LogP contribution < -0.4 is 5.32 Å². The molecule has 2 fully saturated rings. The predicted molar refractivity (Wildman–Crippen MR) is 97.1 cm³/mol. The van der Waals surface area contributed by atoms with Gasteiger partial charge in [-0.2, -0.15) is 12.6 Å². The number of aliphatic carboxylic acids is 1. The van der Waals surface area contributed by atoms with Gasteiger partial charge in [0.05, 0.1) is 10.6 Å². The van der Waals surface area contributed by atoms with Crippen molar-refractivity contribution in [3.63, 3.8) is 0 Å². The molecule has 24 heavy (non-hydrogen) atoms. The van der Waals surface area contributed by atoms with Crippen molar-refractivity contribution < 1.29 is 19.5 Å². The topological polar surface area (TPSA) is 86.7 Å². The van der Waals surface area contributed by atoms with Crippen molar-refractivity contribution in [1.29, 1.82) is 0 Å². The second kappa shape index (κ2) is 7.99. The van der Waals surface area contributed by atoms with Gasteiger partial charge in [-0.15, -0.1) is 11.8 Å².